The topological polar surface area (TPSA) is 104 Å². The first kappa shape index (κ1) is 20.3. The molecule has 0 bridgehead atoms. The van der Waals surface area contributed by atoms with Crippen LogP contribution in [0.25, 0.3) is 5.69 Å². The normalized spacial score (nSPS) is 15.8. The Bertz CT molecular complexity index is 1010. The highest BCUT2D eigenvalue weighted by atomic mass is 32.2. The molecule has 0 aliphatic heterocycles. The molecule has 2 N–H and O–H groups in total. The summed E-state index contributed by atoms with van der Waals surface area (Å²) in [5.41, 5.74) is -2.54. The number of hydrogen-bond donors (Lipinski definition) is 1. The smallest absolute Gasteiger partial charge is 0.436 e. The molecule has 1 aliphatic rings. The predicted molar refractivity (Wildman–Crippen MR) is 88.2 cm³/mol. The first-order chi connectivity index (χ1) is 13.0. The fourth-order valence-corrected chi connectivity index (χ4v) is 3.62. The van der Waals surface area contributed by atoms with E-state index in [4.69, 9.17) is 9.88 Å². The van der Waals surface area contributed by atoms with E-state index in [0.717, 1.165) is 25.0 Å². The monoisotopic (exact) mass is 421 g/mol. The number of aldehydes is 1. The van der Waals surface area contributed by atoms with E-state index in [1.54, 1.807) is 0 Å². The summed E-state index contributed by atoms with van der Waals surface area (Å²) in [6.07, 6.45) is -2.57. The van der Waals surface area contributed by atoms with Crippen molar-refractivity contribution in [2.75, 3.05) is 0 Å². The fraction of sp³-hybridized carbons (Fsp3) is 0.375. The highest BCUT2D eigenvalue weighted by molar-refractivity contribution is 7.89. The van der Waals surface area contributed by atoms with Crippen LogP contribution >= 0.6 is 0 Å². The molecule has 0 spiro atoms. The lowest BCUT2D eigenvalue weighted by Crippen LogP contribution is -2.16. The van der Waals surface area contributed by atoms with Gasteiger partial charge in [0.2, 0.25) is 15.9 Å². The third-order valence-electron chi connectivity index (χ3n) is 4.31. The van der Waals surface area contributed by atoms with Gasteiger partial charge in [0.15, 0.2) is 12.0 Å². The van der Waals surface area contributed by atoms with Gasteiger partial charge in [0.05, 0.1) is 5.69 Å². The van der Waals surface area contributed by atoms with Crippen LogP contribution in [-0.2, 0) is 16.2 Å². The maximum atomic E-state index is 14.2. The van der Waals surface area contributed by atoms with Gasteiger partial charge in [-0.3, -0.25) is 4.79 Å². The molecule has 1 fully saturated rings. The van der Waals surface area contributed by atoms with Crippen LogP contribution in [0.15, 0.2) is 23.1 Å². The van der Waals surface area contributed by atoms with Gasteiger partial charge in [0.1, 0.15) is 22.4 Å². The van der Waals surface area contributed by atoms with E-state index < -0.39 is 50.2 Å². The Labute approximate surface area is 157 Å². The number of benzene rings is 1. The lowest BCUT2D eigenvalue weighted by atomic mass is 10.2. The largest absolute Gasteiger partial charge is 0.474 e. The third kappa shape index (κ3) is 3.87. The Hall–Kier alpha value is -2.47. The molecule has 7 nitrogen and oxygen atoms in total. The number of halogens is 4. The Morgan fingerprint density at radius 3 is 2.39 bits per heavy atom. The van der Waals surface area contributed by atoms with Crippen molar-refractivity contribution in [2.24, 2.45) is 5.14 Å². The van der Waals surface area contributed by atoms with Crippen molar-refractivity contribution in [3.05, 3.63) is 35.3 Å². The lowest BCUT2D eigenvalue weighted by molar-refractivity contribution is -0.141. The minimum Gasteiger partial charge on any atom is -0.474 e. The molecule has 1 aliphatic carbocycles. The fourth-order valence-electron chi connectivity index (χ4n) is 3.03. The summed E-state index contributed by atoms with van der Waals surface area (Å²) in [6.45, 7) is 0. The average Bonchev–Trinajstić information content (AvgIpc) is 3.21. The van der Waals surface area contributed by atoms with E-state index in [0.29, 0.717) is 23.6 Å². The zero-order valence-electron chi connectivity index (χ0n) is 14.2. The van der Waals surface area contributed by atoms with Gasteiger partial charge in [-0.05, 0) is 37.8 Å². The Balaban J connectivity index is 2.17. The molecule has 12 heteroatoms. The van der Waals surface area contributed by atoms with E-state index in [1.807, 2.05) is 0 Å². The van der Waals surface area contributed by atoms with Crippen LogP contribution in [-0.4, -0.2) is 30.6 Å². The molecule has 1 aromatic heterocycles. The summed E-state index contributed by atoms with van der Waals surface area (Å²) < 4.78 is 83.0. The second-order valence-electron chi connectivity index (χ2n) is 6.28. The molecule has 1 heterocycles. The quantitative estimate of drug-likeness (QED) is 0.591. The van der Waals surface area contributed by atoms with Gasteiger partial charge in [-0.25, -0.2) is 17.9 Å². The van der Waals surface area contributed by atoms with Crippen LogP contribution in [0.2, 0.25) is 0 Å². The molecule has 1 aromatic carbocycles. The van der Waals surface area contributed by atoms with Gasteiger partial charge in [-0.1, -0.05) is 0 Å². The second kappa shape index (κ2) is 7.17. The van der Waals surface area contributed by atoms with E-state index in [-0.39, 0.29) is 12.0 Å². The molecule has 0 unspecified atom stereocenters. The number of nitrogens with two attached hydrogens (primary N) is 1. The minimum absolute atomic E-state index is 0.0221. The highest BCUT2D eigenvalue weighted by Crippen LogP contribution is 2.37. The zero-order valence-corrected chi connectivity index (χ0v) is 15.1. The van der Waals surface area contributed by atoms with Crippen molar-refractivity contribution in [1.29, 1.82) is 0 Å². The molecule has 28 heavy (non-hydrogen) atoms. The summed E-state index contributed by atoms with van der Waals surface area (Å²) in [4.78, 5) is 10.5. The number of aromatic nitrogens is 2. The number of rotatable bonds is 5. The third-order valence-corrected chi connectivity index (χ3v) is 5.26. The van der Waals surface area contributed by atoms with E-state index in [1.165, 1.54) is 0 Å². The number of ether oxygens (including phenoxy) is 1. The van der Waals surface area contributed by atoms with Crippen molar-refractivity contribution < 1.29 is 35.5 Å². The van der Waals surface area contributed by atoms with Crippen molar-refractivity contribution >= 4 is 16.3 Å². The van der Waals surface area contributed by atoms with Crippen LogP contribution in [0.3, 0.4) is 0 Å². The Morgan fingerprint density at radius 1 is 1.25 bits per heavy atom. The number of sulfonamides is 1. The Kier molecular flexibility index (Phi) is 5.19. The SMILES string of the molecule is NS(=O)(=O)c1ccc(-n2nc(C(F)(F)F)c(C=O)c2OC2CCCC2)cc1F. The van der Waals surface area contributed by atoms with Gasteiger partial charge < -0.3 is 4.74 Å². The molecule has 0 saturated heterocycles. The van der Waals surface area contributed by atoms with Crippen LogP contribution in [0.4, 0.5) is 17.6 Å². The van der Waals surface area contributed by atoms with E-state index in [2.05, 4.69) is 5.10 Å². The maximum absolute atomic E-state index is 14.2. The molecule has 3 rings (SSSR count). The number of alkyl halides is 3. The van der Waals surface area contributed by atoms with Gasteiger partial charge in [-0.15, -0.1) is 0 Å². The molecule has 1 saturated carbocycles. The molecule has 0 amide bonds. The molecule has 0 atom stereocenters. The van der Waals surface area contributed by atoms with Crippen molar-refractivity contribution in [2.45, 2.75) is 42.9 Å². The standard InChI is InChI=1S/C16H15F4N3O4S/c17-12-7-9(5-6-13(12)28(21,25)26)23-15(27-10-3-1-2-4-10)11(8-24)14(22-23)16(18,19)20/h5-8,10H,1-4H2,(H2,21,25,26). The van der Waals surface area contributed by atoms with Gasteiger partial charge in [-0.2, -0.15) is 23.0 Å². The predicted octanol–water partition coefficient (Wildman–Crippen LogP) is 2.81. The van der Waals surface area contributed by atoms with Gasteiger partial charge in [0, 0.05) is 6.07 Å². The molecule has 152 valence electrons. The van der Waals surface area contributed by atoms with Crippen molar-refractivity contribution in [3.63, 3.8) is 0 Å². The first-order valence-electron chi connectivity index (χ1n) is 8.17. The maximum Gasteiger partial charge on any atom is 0.436 e. The van der Waals surface area contributed by atoms with Crippen LogP contribution in [0.5, 0.6) is 5.88 Å². The summed E-state index contributed by atoms with van der Waals surface area (Å²) >= 11 is 0. The van der Waals surface area contributed by atoms with Gasteiger partial charge in [0.25, 0.3) is 0 Å². The minimum atomic E-state index is -4.95. The first-order valence-corrected chi connectivity index (χ1v) is 9.71. The van der Waals surface area contributed by atoms with Crippen LogP contribution in [0, 0.1) is 5.82 Å². The summed E-state index contributed by atoms with van der Waals surface area (Å²) in [7, 11) is -4.36. The molecule has 2 aromatic rings. The molecule has 0 radical (unpaired) electrons. The van der Waals surface area contributed by atoms with E-state index in [9.17, 15) is 30.8 Å². The zero-order chi connectivity index (χ0) is 20.7. The Morgan fingerprint density at radius 2 is 1.89 bits per heavy atom. The van der Waals surface area contributed by atoms with E-state index >= 15 is 0 Å². The van der Waals surface area contributed by atoms with Gasteiger partial charge >= 0.3 is 6.18 Å². The number of hydrogen-bond acceptors (Lipinski definition) is 5. The lowest BCUT2D eigenvalue weighted by Gasteiger charge is -2.15. The second-order valence-corrected chi connectivity index (χ2v) is 7.81. The summed E-state index contributed by atoms with van der Waals surface area (Å²) in [6, 6.07) is 2.48. The average molecular weight is 421 g/mol. The highest BCUT2D eigenvalue weighted by Gasteiger charge is 2.41. The van der Waals surface area contributed by atoms with Crippen LogP contribution < -0.4 is 9.88 Å². The van der Waals surface area contributed by atoms with Crippen LogP contribution in [0.1, 0.15) is 41.7 Å². The number of primary sulfonamides is 1. The summed E-state index contributed by atoms with van der Waals surface area (Å²) in [5.74, 6) is -1.75. The molecular weight excluding hydrogens is 406 g/mol. The number of carbonyl (C=O) groups is 1. The van der Waals surface area contributed by atoms with Crippen molar-refractivity contribution in [1.82, 2.24) is 9.78 Å². The molecular formula is C16H15F4N3O4S. The number of carbonyl (C=O) groups excluding carboxylic acids is 1. The number of nitrogens with zero attached hydrogens (tertiary/aromatic N) is 2. The summed E-state index contributed by atoms with van der Waals surface area (Å²) in [5, 5.41) is 8.27. The van der Waals surface area contributed by atoms with Crippen molar-refractivity contribution in [3.8, 4) is 11.6 Å².